The topological polar surface area (TPSA) is 57.7 Å². The van der Waals surface area contributed by atoms with Gasteiger partial charge in [0.1, 0.15) is 0 Å². The summed E-state index contributed by atoms with van der Waals surface area (Å²) < 4.78 is 24.7. The second kappa shape index (κ2) is 6.53. The first-order valence-corrected chi connectivity index (χ1v) is 11.1. The first kappa shape index (κ1) is 18.3. The molecule has 0 bridgehead atoms. The van der Waals surface area contributed by atoms with E-state index in [1.165, 1.54) is 0 Å². The Labute approximate surface area is 164 Å². The number of rotatable bonds is 3. The fourth-order valence-electron chi connectivity index (χ4n) is 4.16. The number of carbonyl (C=O) groups is 1. The predicted molar refractivity (Wildman–Crippen MR) is 107 cm³/mol. The molecule has 2 aliphatic rings. The molecule has 0 unspecified atom stereocenters. The van der Waals surface area contributed by atoms with Crippen LogP contribution in [0.5, 0.6) is 0 Å². The van der Waals surface area contributed by atoms with Gasteiger partial charge in [-0.05, 0) is 48.7 Å². The molecule has 2 aliphatic heterocycles. The van der Waals surface area contributed by atoms with Gasteiger partial charge < -0.3 is 4.90 Å². The van der Waals surface area contributed by atoms with Crippen LogP contribution in [0.4, 0.5) is 10.5 Å². The number of carbonyl (C=O) groups excluding carboxylic acids is 1. The molecule has 2 fully saturated rings. The van der Waals surface area contributed by atoms with Crippen molar-refractivity contribution in [2.45, 2.75) is 32.5 Å². The largest absolute Gasteiger partial charge is 0.325 e. The van der Waals surface area contributed by atoms with Crippen LogP contribution in [0.15, 0.2) is 42.5 Å². The second-order valence-electron chi connectivity index (χ2n) is 7.43. The molecule has 2 atom stereocenters. The standard InChI is InChI=1S/C20H21ClN2O3S/c1-13-7-14(2)9-16(8-13)23-19-12-27(25,26)11-18(19)22(20(23)24)10-15-5-3-4-6-17(15)21/h3-9,18-19H,10-12H2,1-2H3/t18-,19-/m0/s1. The molecule has 27 heavy (non-hydrogen) atoms. The van der Waals surface area contributed by atoms with Gasteiger partial charge in [0.05, 0.1) is 23.6 Å². The Kier molecular flexibility index (Phi) is 4.43. The zero-order chi connectivity index (χ0) is 19.3. The number of hydrogen-bond acceptors (Lipinski definition) is 3. The van der Waals surface area contributed by atoms with Crippen LogP contribution in [0.3, 0.4) is 0 Å². The number of anilines is 1. The van der Waals surface area contributed by atoms with Gasteiger partial charge in [-0.3, -0.25) is 4.90 Å². The van der Waals surface area contributed by atoms with E-state index >= 15 is 0 Å². The molecule has 0 saturated carbocycles. The maximum absolute atomic E-state index is 13.3. The molecule has 0 spiro atoms. The molecule has 7 heteroatoms. The van der Waals surface area contributed by atoms with Crippen molar-refractivity contribution in [1.29, 1.82) is 0 Å². The third kappa shape index (κ3) is 3.32. The number of aryl methyl sites for hydroxylation is 2. The molecule has 2 amide bonds. The van der Waals surface area contributed by atoms with Crippen LogP contribution in [0.2, 0.25) is 5.02 Å². The van der Waals surface area contributed by atoms with E-state index in [2.05, 4.69) is 0 Å². The molecule has 2 aromatic rings. The SMILES string of the molecule is Cc1cc(C)cc(N2C(=O)N(Cc3ccccc3Cl)[C@H]3CS(=O)(=O)C[C@@H]32)c1. The van der Waals surface area contributed by atoms with Crippen LogP contribution < -0.4 is 4.90 Å². The van der Waals surface area contributed by atoms with Gasteiger partial charge in [0.25, 0.3) is 0 Å². The molecule has 4 rings (SSSR count). The maximum Gasteiger partial charge on any atom is 0.325 e. The molecule has 0 aliphatic carbocycles. The second-order valence-corrected chi connectivity index (χ2v) is 9.99. The van der Waals surface area contributed by atoms with Crippen molar-refractivity contribution < 1.29 is 13.2 Å². The molecule has 0 radical (unpaired) electrons. The monoisotopic (exact) mass is 404 g/mol. The van der Waals surface area contributed by atoms with E-state index in [9.17, 15) is 13.2 Å². The lowest BCUT2D eigenvalue weighted by Crippen LogP contribution is -2.37. The molecular formula is C20H21ClN2O3S. The Morgan fingerprint density at radius 2 is 1.67 bits per heavy atom. The number of nitrogens with zero attached hydrogens (tertiary/aromatic N) is 2. The van der Waals surface area contributed by atoms with E-state index < -0.39 is 9.84 Å². The van der Waals surface area contributed by atoms with Gasteiger partial charge in [-0.25, -0.2) is 13.2 Å². The fraction of sp³-hybridized carbons (Fsp3) is 0.350. The normalized spacial score (nSPS) is 23.7. The number of hydrogen-bond donors (Lipinski definition) is 0. The minimum atomic E-state index is -3.19. The zero-order valence-corrected chi connectivity index (χ0v) is 16.8. The molecule has 2 heterocycles. The third-order valence-corrected chi connectivity index (χ3v) is 7.33. The summed E-state index contributed by atoms with van der Waals surface area (Å²) in [7, 11) is -3.19. The highest BCUT2D eigenvalue weighted by Gasteiger charge is 2.53. The third-order valence-electron chi connectivity index (χ3n) is 5.26. The lowest BCUT2D eigenvalue weighted by Gasteiger charge is -2.23. The van der Waals surface area contributed by atoms with Crippen LogP contribution in [0.25, 0.3) is 0 Å². The Hall–Kier alpha value is -2.05. The van der Waals surface area contributed by atoms with Crippen LogP contribution in [0.1, 0.15) is 16.7 Å². The van der Waals surface area contributed by atoms with Crippen LogP contribution in [-0.2, 0) is 16.4 Å². The first-order chi connectivity index (χ1) is 12.7. The van der Waals surface area contributed by atoms with Crippen LogP contribution in [-0.4, -0.2) is 42.9 Å². The Bertz CT molecular complexity index is 1000. The summed E-state index contributed by atoms with van der Waals surface area (Å²) in [5, 5.41) is 0.576. The molecule has 5 nitrogen and oxygen atoms in total. The molecule has 0 aromatic heterocycles. The number of urea groups is 1. The van der Waals surface area contributed by atoms with Crippen molar-refractivity contribution in [3.63, 3.8) is 0 Å². The fourth-order valence-corrected chi connectivity index (χ4v) is 6.31. The lowest BCUT2D eigenvalue weighted by molar-refractivity contribution is 0.206. The average Bonchev–Trinajstić information content (AvgIpc) is 2.99. The van der Waals surface area contributed by atoms with E-state index in [1.807, 2.05) is 50.2 Å². The molecule has 142 valence electrons. The summed E-state index contributed by atoms with van der Waals surface area (Å²) in [6, 6.07) is 12.4. The van der Waals surface area contributed by atoms with Crippen LogP contribution >= 0.6 is 11.6 Å². The van der Waals surface area contributed by atoms with Gasteiger partial charge in [-0.15, -0.1) is 0 Å². The highest BCUT2D eigenvalue weighted by Crippen LogP contribution is 2.37. The van der Waals surface area contributed by atoms with Gasteiger partial charge >= 0.3 is 6.03 Å². The first-order valence-electron chi connectivity index (χ1n) is 8.87. The lowest BCUT2D eigenvalue weighted by atomic mass is 10.1. The van der Waals surface area contributed by atoms with Gasteiger partial charge in [0.2, 0.25) is 0 Å². The number of sulfone groups is 1. The highest BCUT2D eigenvalue weighted by atomic mass is 35.5. The average molecular weight is 405 g/mol. The van der Waals surface area contributed by atoms with Gasteiger partial charge in [-0.2, -0.15) is 0 Å². The minimum absolute atomic E-state index is 0.00455. The summed E-state index contributed by atoms with van der Waals surface area (Å²) >= 11 is 6.27. The van der Waals surface area contributed by atoms with Crippen LogP contribution in [0, 0.1) is 13.8 Å². The predicted octanol–water partition coefficient (Wildman–Crippen LogP) is 3.56. The van der Waals surface area contributed by atoms with E-state index in [4.69, 9.17) is 11.6 Å². The van der Waals surface area contributed by atoms with E-state index in [0.29, 0.717) is 11.6 Å². The number of halogens is 1. The van der Waals surface area contributed by atoms with Crippen molar-refractivity contribution >= 4 is 33.2 Å². The van der Waals surface area contributed by atoms with Crippen molar-refractivity contribution in [1.82, 2.24) is 4.90 Å². The zero-order valence-electron chi connectivity index (χ0n) is 15.2. The van der Waals surface area contributed by atoms with Gasteiger partial charge in [0, 0.05) is 17.3 Å². The van der Waals surface area contributed by atoms with E-state index in [0.717, 1.165) is 22.4 Å². The molecule has 2 saturated heterocycles. The van der Waals surface area contributed by atoms with Crippen molar-refractivity contribution in [3.8, 4) is 0 Å². The Morgan fingerprint density at radius 3 is 2.33 bits per heavy atom. The number of fused-ring (bicyclic) bond motifs is 1. The Morgan fingerprint density at radius 1 is 1.04 bits per heavy atom. The van der Waals surface area contributed by atoms with Crippen molar-refractivity contribution in [3.05, 3.63) is 64.2 Å². The van der Waals surface area contributed by atoms with E-state index in [-0.39, 0.29) is 29.6 Å². The molecule has 0 N–H and O–H groups in total. The number of benzene rings is 2. The van der Waals surface area contributed by atoms with Gasteiger partial charge in [0.15, 0.2) is 9.84 Å². The number of amides is 2. The minimum Gasteiger partial charge on any atom is -0.314 e. The Balaban J connectivity index is 1.75. The smallest absolute Gasteiger partial charge is 0.314 e. The van der Waals surface area contributed by atoms with Crippen molar-refractivity contribution in [2.24, 2.45) is 0 Å². The highest BCUT2D eigenvalue weighted by molar-refractivity contribution is 7.91. The van der Waals surface area contributed by atoms with Crippen molar-refractivity contribution in [2.75, 3.05) is 16.4 Å². The molecular weight excluding hydrogens is 384 g/mol. The summed E-state index contributed by atoms with van der Waals surface area (Å²) in [5.74, 6) is -0.00935. The quantitative estimate of drug-likeness (QED) is 0.735. The molecule has 2 aromatic carbocycles. The summed E-state index contributed by atoms with van der Waals surface area (Å²) in [4.78, 5) is 16.6. The maximum atomic E-state index is 13.3. The van der Waals surface area contributed by atoms with E-state index in [1.54, 1.807) is 15.9 Å². The summed E-state index contributed by atoms with van der Waals surface area (Å²) in [6.07, 6.45) is 0. The van der Waals surface area contributed by atoms with Gasteiger partial charge in [-0.1, -0.05) is 35.9 Å². The summed E-state index contributed by atoms with van der Waals surface area (Å²) in [6.45, 7) is 4.25. The summed E-state index contributed by atoms with van der Waals surface area (Å²) in [5.41, 5.74) is 3.66.